The number of carboxylic acid groups (broad SMARTS) is 1. The van der Waals surface area contributed by atoms with Crippen LogP contribution in [0.1, 0.15) is 12.0 Å². The Bertz CT molecular complexity index is 426. The molecule has 1 aromatic rings. The van der Waals surface area contributed by atoms with Crippen molar-refractivity contribution in [3.8, 4) is 0 Å². The van der Waals surface area contributed by atoms with Crippen molar-refractivity contribution < 1.29 is 23.8 Å². The lowest BCUT2D eigenvalue weighted by Crippen LogP contribution is -2.30. The first-order valence-electron chi connectivity index (χ1n) is 5.41. The molecule has 18 heavy (non-hydrogen) atoms. The van der Waals surface area contributed by atoms with Gasteiger partial charge in [0.2, 0.25) is 0 Å². The van der Waals surface area contributed by atoms with E-state index in [9.17, 15) is 18.7 Å². The van der Waals surface area contributed by atoms with Gasteiger partial charge < -0.3 is 10.2 Å². The summed E-state index contributed by atoms with van der Waals surface area (Å²) in [7, 11) is 1.59. The highest BCUT2D eigenvalue weighted by Crippen LogP contribution is 2.12. The van der Waals surface area contributed by atoms with Crippen LogP contribution < -0.4 is 0 Å². The van der Waals surface area contributed by atoms with Crippen LogP contribution in [0, 0.1) is 11.6 Å². The Morgan fingerprint density at radius 2 is 2.11 bits per heavy atom. The van der Waals surface area contributed by atoms with Gasteiger partial charge in [-0.2, -0.15) is 0 Å². The second-order valence-corrected chi connectivity index (χ2v) is 4.18. The molecule has 1 rings (SSSR count). The van der Waals surface area contributed by atoms with E-state index >= 15 is 0 Å². The Kier molecular flexibility index (Phi) is 5.18. The summed E-state index contributed by atoms with van der Waals surface area (Å²) in [6.45, 7) is 0.169. The molecule has 0 aliphatic carbocycles. The van der Waals surface area contributed by atoms with Crippen molar-refractivity contribution in [1.82, 2.24) is 4.90 Å². The Morgan fingerprint density at radius 3 is 2.72 bits per heavy atom. The van der Waals surface area contributed by atoms with Crippen molar-refractivity contribution >= 4 is 5.97 Å². The van der Waals surface area contributed by atoms with Crippen molar-refractivity contribution in [2.45, 2.75) is 19.1 Å². The summed E-state index contributed by atoms with van der Waals surface area (Å²) >= 11 is 0. The quantitative estimate of drug-likeness (QED) is 0.806. The van der Waals surface area contributed by atoms with Gasteiger partial charge in [0.25, 0.3) is 0 Å². The fourth-order valence-corrected chi connectivity index (χ4v) is 1.65. The minimum atomic E-state index is -1.10. The summed E-state index contributed by atoms with van der Waals surface area (Å²) in [5, 5.41) is 17.9. The maximum Gasteiger partial charge on any atom is 0.306 e. The molecule has 0 bridgehead atoms. The van der Waals surface area contributed by atoms with Crippen LogP contribution in [0.2, 0.25) is 0 Å². The minimum absolute atomic E-state index is 0.0717. The second kappa shape index (κ2) is 6.42. The van der Waals surface area contributed by atoms with Crippen molar-refractivity contribution in [2.24, 2.45) is 0 Å². The molecule has 0 aliphatic heterocycles. The number of hydrogen-bond acceptors (Lipinski definition) is 3. The number of halogens is 2. The molecule has 0 fully saturated rings. The molecule has 0 amide bonds. The third-order valence-corrected chi connectivity index (χ3v) is 2.38. The van der Waals surface area contributed by atoms with E-state index in [0.717, 1.165) is 18.2 Å². The molecule has 100 valence electrons. The van der Waals surface area contributed by atoms with Gasteiger partial charge >= 0.3 is 5.97 Å². The number of benzene rings is 1. The Balaban J connectivity index is 2.56. The van der Waals surface area contributed by atoms with E-state index in [1.165, 1.54) is 4.90 Å². The van der Waals surface area contributed by atoms with Crippen LogP contribution in [0.5, 0.6) is 0 Å². The summed E-state index contributed by atoms with van der Waals surface area (Å²) < 4.78 is 26.2. The lowest BCUT2D eigenvalue weighted by molar-refractivity contribution is -0.139. The molecular formula is C12H15F2NO3. The zero-order valence-electron chi connectivity index (χ0n) is 9.94. The van der Waals surface area contributed by atoms with Gasteiger partial charge in [-0.1, -0.05) is 0 Å². The molecule has 0 aliphatic rings. The van der Waals surface area contributed by atoms with Gasteiger partial charge in [-0.05, 0) is 25.2 Å². The number of carbonyl (C=O) groups is 1. The van der Waals surface area contributed by atoms with Crippen LogP contribution in [-0.2, 0) is 11.3 Å². The number of aliphatic carboxylic acids is 1. The number of aliphatic hydroxyl groups is 1. The monoisotopic (exact) mass is 259 g/mol. The number of nitrogens with zero attached hydrogens (tertiary/aromatic N) is 1. The molecule has 1 atom stereocenters. The minimum Gasteiger partial charge on any atom is -0.481 e. The first-order chi connectivity index (χ1) is 8.38. The molecule has 4 nitrogen and oxygen atoms in total. The zero-order chi connectivity index (χ0) is 13.7. The van der Waals surface area contributed by atoms with Gasteiger partial charge in [-0.25, -0.2) is 8.78 Å². The fourth-order valence-electron chi connectivity index (χ4n) is 1.65. The molecule has 2 N–H and O–H groups in total. The molecule has 0 aromatic heterocycles. The second-order valence-electron chi connectivity index (χ2n) is 4.18. The zero-order valence-corrected chi connectivity index (χ0v) is 9.94. The summed E-state index contributed by atoms with van der Waals surface area (Å²) in [6.07, 6.45) is -1.42. The maximum atomic E-state index is 13.3. The third-order valence-electron chi connectivity index (χ3n) is 2.38. The van der Waals surface area contributed by atoms with Gasteiger partial charge in [-0.15, -0.1) is 0 Å². The van der Waals surface area contributed by atoms with E-state index in [0.29, 0.717) is 0 Å². The molecule has 0 saturated heterocycles. The number of rotatable bonds is 6. The van der Waals surface area contributed by atoms with Crippen LogP contribution in [0.3, 0.4) is 0 Å². The van der Waals surface area contributed by atoms with Crippen LogP contribution in [0.4, 0.5) is 8.78 Å². The average Bonchev–Trinajstić information content (AvgIpc) is 2.21. The predicted molar refractivity (Wildman–Crippen MR) is 61.0 cm³/mol. The van der Waals surface area contributed by atoms with E-state index < -0.39 is 23.7 Å². The molecular weight excluding hydrogens is 244 g/mol. The molecule has 0 radical (unpaired) electrons. The van der Waals surface area contributed by atoms with E-state index in [-0.39, 0.29) is 25.1 Å². The maximum absolute atomic E-state index is 13.3. The molecule has 6 heteroatoms. The Morgan fingerprint density at radius 1 is 1.44 bits per heavy atom. The highest BCUT2D eigenvalue weighted by Gasteiger charge is 2.14. The van der Waals surface area contributed by atoms with Gasteiger partial charge in [0, 0.05) is 18.7 Å². The van der Waals surface area contributed by atoms with Crippen molar-refractivity contribution in [3.63, 3.8) is 0 Å². The number of aliphatic hydroxyl groups excluding tert-OH is 1. The summed E-state index contributed by atoms with van der Waals surface area (Å²) in [5.41, 5.74) is 0.167. The topological polar surface area (TPSA) is 60.8 Å². The number of hydrogen-bond donors (Lipinski definition) is 2. The lowest BCUT2D eigenvalue weighted by Gasteiger charge is -2.19. The van der Waals surface area contributed by atoms with Crippen LogP contribution in [0.25, 0.3) is 0 Å². The Labute approximate surface area is 103 Å². The summed E-state index contributed by atoms with van der Waals surface area (Å²) in [5.74, 6) is -2.17. The standard InChI is InChI=1S/C12H15F2NO3/c1-15(7-10(16)5-12(17)18)6-8-4-9(13)2-3-11(8)14/h2-4,10,16H,5-7H2,1H3,(H,17,18). The van der Waals surface area contributed by atoms with E-state index in [2.05, 4.69) is 0 Å². The molecule has 1 unspecified atom stereocenters. The van der Waals surface area contributed by atoms with Crippen molar-refractivity contribution in [1.29, 1.82) is 0 Å². The highest BCUT2D eigenvalue weighted by molar-refractivity contribution is 5.67. The van der Waals surface area contributed by atoms with Crippen LogP contribution in [0.15, 0.2) is 18.2 Å². The predicted octanol–water partition coefficient (Wildman–Crippen LogP) is 1.23. The van der Waals surface area contributed by atoms with E-state index in [4.69, 9.17) is 5.11 Å². The average molecular weight is 259 g/mol. The number of likely N-dealkylation sites (N-methyl/N-ethyl adjacent to an activating group) is 1. The Hall–Kier alpha value is -1.53. The SMILES string of the molecule is CN(Cc1cc(F)ccc1F)CC(O)CC(=O)O. The summed E-state index contributed by atoms with van der Waals surface area (Å²) in [4.78, 5) is 11.9. The van der Waals surface area contributed by atoms with E-state index in [1.807, 2.05) is 0 Å². The van der Waals surface area contributed by atoms with Crippen LogP contribution in [-0.4, -0.2) is 40.8 Å². The largest absolute Gasteiger partial charge is 0.481 e. The van der Waals surface area contributed by atoms with E-state index in [1.54, 1.807) is 7.05 Å². The third kappa shape index (κ3) is 4.77. The lowest BCUT2D eigenvalue weighted by atomic mass is 10.2. The molecule has 0 spiro atoms. The van der Waals surface area contributed by atoms with Gasteiger partial charge in [0.15, 0.2) is 0 Å². The molecule has 0 heterocycles. The van der Waals surface area contributed by atoms with Gasteiger partial charge in [-0.3, -0.25) is 9.69 Å². The highest BCUT2D eigenvalue weighted by atomic mass is 19.1. The number of carboxylic acids is 1. The van der Waals surface area contributed by atoms with Crippen LogP contribution >= 0.6 is 0 Å². The van der Waals surface area contributed by atoms with Crippen molar-refractivity contribution in [3.05, 3.63) is 35.4 Å². The normalized spacial score (nSPS) is 12.7. The first-order valence-corrected chi connectivity index (χ1v) is 5.41. The first kappa shape index (κ1) is 14.5. The molecule has 1 aromatic carbocycles. The molecule has 0 saturated carbocycles. The van der Waals surface area contributed by atoms with Gasteiger partial charge in [0.05, 0.1) is 12.5 Å². The fraction of sp³-hybridized carbons (Fsp3) is 0.417. The smallest absolute Gasteiger partial charge is 0.306 e. The van der Waals surface area contributed by atoms with Crippen molar-refractivity contribution in [2.75, 3.05) is 13.6 Å². The van der Waals surface area contributed by atoms with Gasteiger partial charge in [0.1, 0.15) is 11.6 Å². The summed E-state index contributed by atoms with van der Waals surface area (Å²) in [6, 6.07) is 3.14.